The lowest BCUT2D eigenvalue weighted by Gasteiger charge is -2.41. The van der Waals surface area contributed by atoms with Crippen molar-refractivity contribution in [2.75, 3.05) is 25.1 Å². The maximum Gasteiger partial charge on any atom is 0.490 e. The SMILES string of the molecule is CSCCC1NC2(CCNCC2)N(Cc2ccccc2)C1=O.O=C(O)C(F)(F)F. The van der Waals surface area contributed by atoms with E-state index in [0.29, 0.717) is 6.54 Å². The van der Waals surface area contributed by atoms with Crippen LogP contribution in [0.15, 0.2) is 30.3 Å². The summed E-state index contributed by atoms with van der Waals surface area (Å²) < 4.78 is 31.7. The second-order valence-corrected chi connectivity index (χ2v) is 7.96. The van der Waals surface area contributed by atoms with Crippen molar-refractivity contribution in [1.29, 1.82) is 0 Å². The van der Waals surface area contributed by atoms with Crippen molar-refractivity contribution >= 4 is 23.6 Å². The number of carbonyl (C=O) groups is 2. The molecule has 10 heteroatoms. The molecule has 0 bridgehead atoms. The minimum absolute atomic E-state index is 0.0192. The van der Waals surface area contributed by atoms with Crippen LogP contribution >= 0.6 is 11.8 Å². The zero-order valence-corrected chi connectivity index (χ0v) is 17.0. The summed E-state index contributed by atoms with van der Waals surface area (Å²) in [5.74, 6) is -1.45. The molecule has 2 saturated heterocycles. The number of halogens is 3. The Morgan fingerprint density at radius 2 is 1.86 bits per heavy atom. The first-order valence-electron chi connectivity index (χ1n) is 9.32. The van der Waals surface area contributed by atoms with Crippen LogP contribution in [0.3, 0.4) is 0 Å². The van der Waals surface area contributed by atoms with Crippen molar-refractivity contribution in [2.45, 2.75) is 43.7 Å². The van der Waals surface area contributed by atoms with E-state index in [4.69, 9.17) is 9.90 Å². The number of thioether (sulfide) groups is 1. The highest BCUT2D eigenvalue weighted by Crippen LogP contribution is 2.33. The molecule has 2 aliphatic rings. The second-order valence-electron chi connectivity index (χ2n) is 6.97. The molecule has 2 heterocycles. The van der Waals surface area contributed by atoms with Crippen LogP contribution in [0.25, 0.3) is 0 Å². The largest absolute Gasteiger partial charge is 0.490 e. The molecule has 1 spiro atoms. The number of hydrogen-bond donors (Lipinski definition) is 3. The van der Waals surface area contributed by atoms with Gasteiger partial charge in [-0.25, -0.2) is 4.79 Å². The summed E-state index contributed by atoms with van der Waals surface area (Å²) in [7, 11) is 0. The van der Waals surface area contributed by atoms with Gasteiger partial charge in [-0.2, -0.15) is 24.9 Å². The Hall–Kier alpha value is -1.78. The van der Waals surface area contributed by atoms with Crippen LogP contribution in [0.4, 0.5) is 13.2 Å². The monoisotopic (exact) mass is 433 g/mol. The molecule has 2 aliphatic heterocycles. The summed E-state index contributed by atoms with van der Waals surface area (Å²) in [4.78, 5) is 23.9. The van der Waals surface area contributed by atoms with Gasteiger partial charge < -0.3 is 15.3 Å². The molecule has 0 aromatic heterocycles. The number of benzene rings is 1. The third-order valence-electron chi connectivity index (χ3n) is 4.99. The molecule has 0 radical (unpaired) electrons. The second kappa shape index (κ2) is 10.3. The first-order valence-corrected chi connectivity index (χ1v) is 10.7. The lowest BCUT2D eigenvalue weighted by atomic mass is 9.96. The zero-order valence-electron chi connectivity index (χ0n) is 16.2. The van der Waals surface area contributed by atoms with E-state index in [-0.39, 0.29) is 17.6 Å². The van der Waals surface area contributed by atoms with Crippen molar-refractivity contribution in [1.82, 2.24) is 15.5 Å². The fourth-order valence-corrected chi connectivity index (χ4v) is 4.02. The Balaban J connectivity index is 0.000000370. The maximum atomic E-state index is 12.9. The van der Waals surface area contributed by atoms with E-state index in [2.05, 4.69) is 33.9 Å². The van der Waals surface area contributed by atoms with Gasteiger partial charge in [0, 0.05) is 6.54 Å². The van der Waals surface area contributed by atoms with Gasteiger partial charge in [0.25, 0.3) is 0 Å². The number of carboxylic acids is 1. The van der Waals surface area contributed by atoms with Gasteiger partial charge in [-0.1, -0.05) is 30.3 Å². The zero-order chi connectivity index (χ0) is 21.5. The molecule has 3 N–H and O–H groups in total. The summed E-state index contributed by atoms with van der Waals surface area (Å²) in [6.45, 7) is 2.66. The molecule has 0 aliphatic carbocycles. The van der Waals surface area contributed by atoms with E-state index in [1.807, 2.05) is 30.0 Å². The van der Waals surface area contributed by atoms with Gasteiger partial charge in [0.1, 0.15) is 0 Å². The predicted molar refractivity (Wildman–Crippen MR) is 105 cm³/mol. The Bertz CT molecular complexity index is 682. The molecular weight excluding hydrogens is 407 g/mol. The molecule has 1 amide bonds. The number of alkyl halides is 3. The van der Waals surface area contributed by atoms with Crippen LogP contribution in [-0.2, 0) is 16.1 Å². The molecule has 1 unspecified atom stereocenters. The molecule has 1 aromatic carbocycles. The predicted octanol–water partition coefficient (Wildman–Crippen LogP) is 2.45. The first-order chi connectivity index (χ1) is 13.7. The number of piperidine rings is 1. The quantitative estimate of drug-likeness (QED) is 0.662. The molecule has 1 aromatic rings. The van der Waals surface area contributed by atoms with Crippen molar-refractivity contribution in [3.8, 4) is 0 Å². The van der Waals surface area contributed by atoms with Gasteiger partial charge >= 0.3 is 12.1 Å². The fourth-order valence-electron chi connectivity index (χ4n) is 3.54. The van der Waals surface area contributed by atoms with Gasteiger partial charge in [0.05, 0.1) is 11.7 Å². The van der Waals surface area contributed by atoms with Gasteiger partial charge in [-0.05, 0) is 49.9 Å². The topological polar surface area (TPSA) is 81.7 Å². The summed E-state index contributed by atoms with van der Waals surface area (Å²) in [6, 6.07) is 10.3. The summed E-state index contributed by atoms with van der Waals surface area (Å²) >= 11 is 1.81. The van der Waals surface area contributed by atoms with E-state index in [0.717, 1.165) is 38.1 Å². The number of nitrogens with one attached hydrogen (secondary N) is 2. The fraction of sp³-hybridized carbons (Fsp3) is 0.579. The first kappa shape index (κ1) is 23.5. The van der Waals surface area contributed by atoms with Crippen LogP contribution in [0.2, 0.25) is 0 Å². The Morgan fingerprint density at radius 1 is 1.28 bits per heavy atom. The molecule has 3 rings (SSSR count). The average Bonchev–Trinajstić information content (AvgIpc) is 2.93. The number of carboxylic acid groups (broad SMARTS) is 1. The molecule has 0 saturated carbocycles. The van der Waals surface area contributed by atoms with Crippen molar-refractivity contribution < 1.29 is 27.9 Å². The number of aliphatic carboxylic acids is 1. The molecular formula is C19H26F3N3O3S. The van der Waals surface area contributed by atoms with Crippen LogP contribution in [0, 0.1) is 0 Å². The third kappa shape index (κ3) is 6.35. The molecule has 162 valence electrons. The normalized spacial score (nSPS) is 21.0. The third-order valence-corrected chi connectivity index (χ3v) is 5.64. The molecule has 6 nitrogen and oxygen atoms in total. The highest BCUT2D eigenvalue weighted by molar-refractivity contribution is 7.98. The average molecular weight is 433 g/mol. The summed E-state index contributed by atoms with van der Waals surface area (Å²) in [5.41, 5.74) is 1.06. The number of hydrogen-bond acceptors (Lipinski definition) is 5. The van der Waals surface area contributed by atoms with E-state index >= 15 is 0 Å². The van der Waals surface area contributed by atoms with E-state index in [1.165, 1.54) is 5.56 Å². The molecule has 2 fully saturated rings. The van der Waals surface area contributed by atoms with Crippen LogP contribution in [0.5, 0.6) is 0 Å². The number of carbonyl (C=O) groups excluding carboxylic acids is 1. The number of nitrogens with zero attached hydrogens (tertiary/aromatic N) is 1. The van der Waals surface area contributed by atoms with Crippen LogP contribution in [-0.4, -0.2) is 64.9 Å². The van der Waals surface area contributed by atoms with Crippen LogP contribution in [0.1, 0.15) is 24.8 Å². The lowest BCUT2D eigenvalue weighted by molar-refractivity contribution is -0.192. The van der Waals surface area contributed by atoms with Gasteiger partial charge in [0.2, 0.25) is 5.91 Å². The number of rotatable bonds is 5. The Labute approximate surface area is 172 Å². The van der Waals surface area contributed by atoms with Gasteiger partial charge in [-0.15, -0.1) is 0 Å². The highest BCUT2D eigenvalue weighted by Gasteiger charge is 2.50. The lowest BCUT2D eigenvalue weighted by Crippen LogP contribution is -2.57. The standard InChI is InChI=1S/C17H25N3OS.C2HF3O2/c1-22-12-7-15-16(21)20(13-14-5-3-2-4-6-14)17(19-15)8-10-18-11-9-17;3-2(4,5)1(6)7/h2-6,15,18-19H,7-13H2,1H3;(H,6,7). The maximum absolute atomic E-state index is 12.9. The van der Waals surface area contributed by atoms with Crippen molar-refractivity contribution in [3.05, 3.63) is 35.9 Å². The van der Waals surface area contributed by atoms with Gasteiger partial charge in [-0.3, -0.25) is 10.1 Å². The highest BCUT2D eigenvalue weighted by atomic mass is 32.2. The smallest absolute Gasteiger partial charge is 0.475 e. The number of amides is 1. The van der Waals surface area contributed by atoms with Crippen molar-refractivity contribution in [2.24, 2.45) is 0 Å². The van der Waals surface area contributed by atoms with E-state index in [9.17, 15) is 18.0 Å². The van der Waals surface area contributed by atoms with Gasteiger partial charge in [0.15, 0.2) is 0 Å². The van der Waals surface area contributed by atoms with Crippen LogP contribution < -0.4 is 10.6 Å². The molecule has 29 heavy (non-hydrogen) atoms. The summed E-state index contributed by atoms with van der Waals surface area (Å²) in [5, 5.41) is 14.2. The van der Waals surface area contributed by atoms with E-state index in [1.54, 1.807) is 0 Å². The van der Waals surface area contributed by atoms with Crippen molar-refractivity contribution in [3.63, 3.8) is 0 Å². The summed E-state index contributed by atoms with van der Waals surface area (Å²) in [6.07, 6.45) is -0.0926. The Kier molecular flexibility index (Phi) is 8.35. The van der Waals surface area contributed by atoms with E-state index < -0.39 is 12.1 Å². The molecule has 1 atom stereocenters. The minimum Gasteiger partial charge on any atom is -0.475 e. The Morgan fingerprint density at radius 3 is 2.38 bits per heavy atom. The minimum atomic E-state index is -5.08.